The number of carbonyl (C=O) groups is 1. The Morgan fingerprint density at radius 1 is 1.23 bits per heavy atom. The van der Waals surface area contributed by atoms with E-state index in [0.717, 1.165) is 17.2 Å². The molecule has 0 saturated heterocycles. The smallest absolute Gasteiger partial charge is 0.262 e. The van der Waals surface area contributed by atoms with E-state index in [0.29, 0.717) is 22.5 Å². The third-order valence-electron chi connectivity index (χ3n) is 2.93. The van der Waals surface area contributed by atoms with Crippen molar-refractivity contribution in [1.29, 1.82) is 5.26 Å². The van der Waals surface area contributed by atoms with Crippen molar-refractivity contribution in [3.05, 3.63) is 48.0 Å². The molecule has 7 heteroatoms. The van der Waals surface area contributed by atoms with Gasteiger partial charge in [-0.15, -0.1) is 0 Å². The summed E-state index contributed by atoms with van der Waals surface area (Å²) >= 11 is 1.09. The Morgan fingerprint density at radius 3 is 2.95 bits per heavy atom. The van der Waals surface area contributed by atoms with E-state index in [9.17, 15) is 4.79 Å². The van der Waals surface area contributed by atoms with Crippen LogP contribution in [-0.2, 0) is 4.79 Å². The third kappa shape index (κ3) is 2.87. The molecule has 3 rings (SSSR count). The Morgan fingerprint density at radius 2 is 2.09 bits per heavy atom. The lowest BCUT2D eigenvalue weighted by Gasteiger charge is -2.08. The number of carbonyl (C=O) groups excluding carboxylic acids is 1. The fourth-order valence-corrected chi connectivity index (χ4v) is 2.47. The molecule has 0 aliphatic heterocycles. The van der Waals surface area contributed by atoms with Gasteiger partial charge in [-0.3, -0.25) is 4.79 Å². The number of benzene rings is 2. The summed E-state index contributed by atoms with van der Waals surface area (Å²) in [7, 11) is 0. The molecule has 22 heavy (non-hydrogen) atoms. The molecule has 3 aromatic rings. The number of amides is 1. The Kier molecular flexibility index (Phi) is 3.94. The Labute approximate surface area is 130 Å². The lowest BCUT2D eigenvalue weighted by Crippen LogP contribution is -2.20. The van der Waals surface area contributed by atoms with Crippen LogP contribution in [0.15, 0.2) is 42.5 Å². The second-order valence-corrected chi connectivity index (χ2v) is 4.91. The van der Waals surface area contributed by atoms with Gasteiger partial charge in [0.15, 0.2) is 6.61 Å². The lowest BCUT2D eigenvalue weighted by molar-refractivity contribution is -0.118. The molecule has 108 valence electrons. The normalized spacial score (nSPS) is 10.1. The summed E-state index contributed by atoms with van der Waals surface area (Å²) in [6.07, 6.45) is 0. The molecule has 0 aliphatic carbocycles. The van der Waals surface area contributed by atoms with Gasteiger partial charge < -0.3 is 10.1 Å². The van der Waals surface area contributed by atoms with E-state index in [4.69, 9.17) is 10.00 Å². The van der Waals surface area contributed by atoms with Crippen molar-refractivity contribution in [2.24, 2.45) is 0 Å². The second-order valence-electron chi connectivity index (χ2n) is 4.38. The van der Waals surface area contributed by atoms with Gasteiger partial charge in [-0.05, 0) is 24.3 Å². The van der Waals surface area contributed by atoms with Crippen molar-refractivity contribution in [2.45, 2.75) is 0 Å². The minimum absolute atomic E-state index is 0.188. The first-order valence-electron chi connectivity index (χ1n) is 6.41. The Bertz CT molecular complexity index is 869. The van der Waals surface area contributed by atoms with Gasteiger partial charge in [0.05, 0.1) is 23.0 Å². The number of nitrogens with zero attached hydrogens (tertiary/aromatic N) is 3. The van der Waals surface area contributed by atoms with Crippen LogP contribution in [0.4, 0.5) is 5.69 Å². The van der Waals surface area contributed by atoms with Crippen molar-refractivity contribution in [2.75, 3.05) is 11.9 Å². The van der Waals surface area contributed by atoms with Gasteiger partial charge >= 0.3 is 0 Å². The number of nitriles is 1. The van der Waals surface area contributed by atoms with E-state index < -0.39 is 0 Å². The van der Waals surface area contributed by atoms with Crippen LogP contribution in [0.5, 0.6) is 5.75 Å². The molecule has 0 unspecified atom stereocenters. The number of nitrogens with one attached hydrogen (secondary N) is 1. The molecule has 0 atom stereocenters. The lowest BCUT2D eigenvalue weighted by atomic mass is 10.2. The van der Waals surface area contributed by atoms with E-state index >= 15 is 0 Å². The SMILES string of the molecule is N#Cc1ccccc1OCC(=O)Nc1cccc2nsnc12. The average Bonchev–Trinajstić information content (AvgIpc) is 3.03. The van der Waals surface area contributed by atoms with Gasteiger partial charge in [0.2, 0.25) is 0 Å². The number of ether oxygens (including phenoxy) is 1. The number of hydrogen-bond acceptors (Lipinski definition) is 6. The van der Waals surface area contributed by atoms with Crippen LogP contribution < -0.4 is 10.1 Å². The quantitative estimate of drug-likeness (QED) is 0.800. The standard InChI is InChI=1S/C15H10N4O2S/c16-8-10-4-1-2-7-13(10)21-9-14(20)17-11-5-3-6-12-15(11)19-22-18-12/h1-7H,9H2,(H,17,20). The van der Waals surface area contributed by atoms with E-state index in [1.54, 1.807) is 36.4 Å². The van der Waals surface area contributed by atoms with Crippen molar-refractivity contribution >= 4 is 34.4 Å². The highest BCUT2D eigenvalue weighted by Crippen LogP contribution is 2.21. The number of rotatable bonds is 4. The van der Waals surface area contributed by atoms with Crippen LogP contribution in [0.1, 0.15) is 5.56 Å². The maximum absolute atomic E-state index is 12.0. The molecule has 0 aliphatic rings. The fourth-order valence-electron chi connectivity index (χ4n) is 1.92. The molecule has 0 fully saturated rings. The maximum atomic E-state index is 12.0. The topological polar surface area (TPSA) is 87.9 Å². The van der Waals surface area contributed by atoms with E-state index in [2.05, 4.69) is 14.1 Å². The summed E-state index contributed by atoms with van der Waals surface area (Å²) in [5.74, 6) is 0.0573. The molecule has 0 saturated carbocycles. The minimum atomic E-state index is -0.326. The number of anilines is 1. The predicted molar refractivity (Wildman–Crippen MR) is 82.7 cm³/mol. The van der Waals surface area contributed by atoms with E-state index in [1.165, 1.54) is 0 Å². The van der Waals surface area contributed by atoms with Crippen LogP contribution >= 0.6 is 11.7 Å². The maximum Gasteiger partial charge on any atom is 0.262 e. The predicted octanol–water partition coefficient (Wildman–Crippen LogP) is 2.58. The van der Waals surface area contributed by atoms with Crippen molar-refractivity contribution in [3.8, 4) is 11.8 Å². The van der Waals surface area contributed by atoms with Gasteiger partial charge in [0.25, 0.3) is 5.91 Å². The van der Waals surface area contributed by atoms with E-state index in [-0.39, 0.29) is 12.5 Å². The molecule has 6 nitrogen and oxygen atoms in total. The molecule has 1 N–H and O–H groups in total. The van der Waals surface area contributed by atoms with Crippen molar-refractivity contribution < 1.29 is 9.53 Å². The zero-order chi connectivity index (χ0) is 15.4. The monoisotopic (exact) mass is 310 g/mol. The highest BCUT2D eigenvalue weighted by atomic mass is 32.1. The largest absolute Gasteiger partial charge is 0.482 e. The summed E-state index contributed by atoms with van der Waals surface area (Å²) in [6.45, 7) is -0.188. The Balaban J connectivity index is 1.68. The molecular formula is C15H10N4O2S. The van der Waals surface area contributed by atoms with Gasteiger partial charge in [-0.25, -0.2) is 0 Å². The highest BCUT2D eigenvalue weighted by Gasteiger charge is 2.10. The number of para-hydroxylation sites is 1. The molecule has 1 aromatic heterocycles. The van der Waals surface area contributed by atoms with Crippen LogP contribution in [0.3, 0.4) is 0 Å². The number of aromatic nitrogens is 2. The fraction of sp³-hybridized carbons (Fsp3) is 0.0667. The van der Waals surface area contributed by atoms with Crippen molar-refractivity contribution in [1.82, 2.24) is 8.75 Å². The molecule has 0 spiro atoms. The van der Waals surface area contributed by atoms with Gasteiger partial charge in [-0.1, -0.05) is 18.2 Å². The van der Waals surface area contributed by atoms with Gasteiger partial charge in [0, 0.05) is 0 Å². The molecule has 0 radical (unpaired) electrons. The summed E-state index contributed by atoms with van der Waals surface area (Å²) in [5.41, 5.74) is 2.37. The minimum Gasteiger partial charge on any atom is -0.482 e. The van der Waals surface area contributed by atoms with Crippen LogP contribution in [0.2, 0.25) is 0 Å². The summed E-state index contributed by atoms with van der Waals surface area (Å²) in [6, 6.07) is 14.2. The summed E-state index contributed by atoms with van der Waals surface area (Å²) in [4.78, 5) is 12.0. The first-order valence-corrected chi connectivity index (χ1v) is 7.14. The summed E-state index contributed by atoms with van der Waals surface area (Å²) in [5, 5.41) is 11.7. The molecule has 1 heterocycles. The average molecular weight is 310 g/mol. The number of fused-ring (bicyclic) bond motifs is 1. The highest BCUT2D eigenvalue weighted by molar-refractivity contribution is 7.00. The van der Waals surface area contributed by atoms with Crippen LogP contribution in [0.25, 0.3) is 11.0 Å². The zero-order valence-corrected chi connectivity index (χ0v) is 12.1. The second kappa shape index (κ2) is 6.20. The third-order valence-corrected chi connectivity index (χ3v) is 3.47. The van der Waals surface area contributed by atoms with Crippen molar-refractivity contribution in [3.63, 3.8) is 0 Å². The summed E-state index contributed by atoms with van der Waals surface area (Å²) < 4.78 is 13.7. The zero-order valence-electron chi connectivity index (χ0n) is 11.3. The number of hydrogen-bond donors (Lipinski definition) is 1. The van der Waals surface area contributed by atoms with E-state index in [1.807, 2.05) is 12.1 Å². The molecule has 2 aromatic carbocycles. The van der Waals surface area contributed by atoms with Gasteiger partial charge in [-0.2, -0.15) is 14.0 Å². The molecule has 1 amide bonds. The molecular weight excluding hydrogens is 300 g/mol. The first-order chi connectivity index (χ1) is 10.8. The van der Waals surface area contributed by atoms with Crippen LogP contribution in [-0.4, -0.2) is 21.3 Å². The van der Waals surface area contributed by atoms with Crippen LogP contribution in [0, 0.1) is 11.3 Å². The van der Waals surface area contributed by atoms with Gasteiger partial charge in [0.1, 0.15) is 22.9 Å². The Hall–Kier alpha value is -2.98. The molecule has 0 bridgehead atoms. The first kappa shape index (κ1) is 14.0.